The molecule has 2 heterocycles. The van der Waals surface area contributed by atoms with Crippen molar-refractivity contribution in [3.63, 3.8) is 0 Å². The number of aromatic nitrogens is 1. The highest BCUT2D eigenvalue weighted by molar-refractivity contribution is 6.00. The minimum absolute atomic E-state index is 0.205. The van der Waals surface area contributed by atoms with E-state index in [-0.39, 0.29) is 5.91 Å². The fourth-order valence-corrected chi connectivity index (χ4v) is 1.77. The molecule has 1 fully saturated rings. The predicted molar refractivity (Wildman–Crippen MR) is 55.3 cm³/mol. The van der Waals surface area contributed by atoms with Crippen LogP contribution in [0.4, 0.5) is 5.82 Å². The highest BCUT2D eigenvalue weighted by atomic mass is 16.2. The van der Waals surface area contributed by atoms with Crippen molar-refractivity contribution in [3.8, 4) is 0 Å². The molecule has 1 amide bonds. The molecule has 2 aromatic rings. The van der Waals surface area contributed by atoms with E-state index in [1.807, 2.05) is 30.3 Å². The molecule has 1 N–H and O–H groups in total. The van der Waals surface area contributed by atoms with Crippen LogP contribution >= 0.6 is 0 Å². The number of β-lactam (4-membered cyclic amide) rings is 1. The van der Waals surface area contributed by atoms with Crippen LogP contribution in [0, 0.1) is 0 Å². The monoisotopic (exact) mass is 186 g/mol. The van der Waals surface area contributed by atoms with Gasteiger partial charge < -0.3 is 4.98 Å². The van der Waals surface area contributed by atoms with Crippen LogP contribution in [0.25, 0.3) is 10.9 Å². The third-order valence-electron chi connectivity index (χ3n) is 2.66. The van der Waals surface area contributed by atoms with E-state index in [4.69, 9.17) is 0 Å². The molecule has 0 spiro atoms. The molecule has 1 aliphatic rings. The number of carbonyl (C=O) groups excluding carboxylic acids is 1. The summed E-state index contributed by atoms with van der Waals surface area (Å²) in [5.41, 5.74) is 1.09. The summed E-state index contributed by atoms with van der Waals surface area (Å²) in [6.45, 7) is 0.839. The minimum Gasteiger partial charge on any atom is -0.341 e. The Morgan fingerprint density at radius 3 is 2.79 bits per heavy atom. The van der Waals surface area contributed by atoms with Crippen molar-refractivity contribution in [2.45, 2.75) is 6.42 Å². The SMILES string of the molecule is O=C1CCN1c1cc2ccccc2[nH]1. The number of nitrogens with zero attached hydrogens (tertiary/aromatic N) is 1. The number of para-hydroxylation sites is 1. The van der Waals surface area contributed by atoms with Gasteiger partial charge in [0, 0.05) is 23.9 Å². The summed E-state index contributed by atoms with van der Waals surface area (Å²) in [7, 11) is 0. The average Bonchev–Trinajstić information content (AvgIpc) is 2.58. The number of nitrogens with one attached hydrogen (secondary N) is 1. The summed E-state index contributed by atoms with van der Waals surface area (Å²) in [5.74, 6) is 1.12. The predicted octanol–water partition coefficient (Wildman–Crippen LogP) is 1.90. The van der Waals surface area contributed by atoms with Gasteiger partial charge >= 0.3 is 0 Å². The highest BCUT2D eigenvalue weighted by Gasteiger charge is 2.26. The first-order valence-corrected chi connectivity index (χ1v) is 4.73. The van der Waals surface area contributed by atoms with Gasteiger partial charge in [0.2, 0.25) is 5.91 Å². The molecular weight excluding hydrogens is 176 g/mol. The maximum atomic E-state index is 11.2. The van der Waals surface area contributed by atoms with E-state index < -0.39 is 0 Å². The smallest absolute Gasteiger partial charge is 0.229 e. The standard InChI is InChI=1S/C11H10N2O/c14-11-5-6-13(11)10-7-8-3-1-2-4-9(8)12-10/h1-4,7,12H,5-6H2. The normalized spacial score (nSPS) is 16.0. The molecule has 14 heavy (non-hydrogen) atoms. The van der Waals surface area contributed by atoms with Crippen molar-refractivity contribution in [1.82, 2.24) is 4.98 Å². The summed E-state index contributed by atoms with van der Waals surface area (Å²) < 4.78 is 0. The Balaban J connectivity index is 2.10. The number of aromatic amines is 1. The lowest BCUT2D eigenvalue weighted by molar-refractivity contribution is -0.122. The van der Waals surface area contributed by atoms with Gasteiger partial charge in [-0.1, -0.05) is 18.2 Å². The van der Waals surface area contributed by atoms with Gasteiger partial charge in [-0.2, -0.15) is 0 Å². The summed E-state index contributed by atoms with van der Waals surface area (Å²) in [6.07, 6.45) is 0.676. The van der Waals surface area contributed by atoms with Crippen LogP contribution in [0.5, 0.6) is 0 Å². The van der Waals surface area contributed by atoms with Crippen LogP contribution in [0.2, 0.25) is 0 Å². The average molecular weight is 186 g/mol. The first-order chi connectivity index (χ1) is 6.84. The second kappa shape index (κ2) is 2.61. The molecule has 0 aliphatic carbocycles. The van der Waals surface area contributed by atoms with Crippen molar-refractivity contribution < 1.29 is 4.79 Å². The molecule has 3 rings (SSSR count). The van der Waals surface area contributed by atoms with E-state index in [1.54, 1.807) is 4.90 Å². The molecule has 3 heteroatoms. The number of hydrogen-bond donors (Lipinski definition) is 1. The van der Waals surface area contributed by atoms with Gasteiger partial charge in [0.1, 0.15) is 5.82 Å². The van der Waals surface area contributed by atoms with E-state index in [2.05, 4.69) is 4.98 Å². The fraction of sp³-hybridized carbons (Fsp3) is 0.182. The van der Waals surface area contributed by atoms with Crippen LogP contribution in [0.1, 0.15) is 6.42 Å². The summed E-state index contributed by atoms with van der Waals surface area (Å²) in [6, 6.07) is 10.1. The molecule has 1 saturated heterocycles. The Morgan fingerprint density at radius 1 is 1.29 bits per heavy atom. The van der Waals surface area contributed by atoms with Crippen LogP contribution in [0.3, 0.4) is 0 Å². The third kappa shape index (κ3) is 0.954. The molecular formula is C11H10N2O. The van der Waals surface area contributed by atoms with E-state index in [0.717, 1.165) is 23.3 Å². The lowest BCUT2D eigenvalue weighted by Crippen LogP contribution is -2.43. The number of benzene rings is 1. The molecule has 70 valence electrons. The van der Waals surface area contributed by atoms with Gasteiger partial charge in [-0.15, -0.1) is 0 Å². The maximum absolute atomic E-state index is 11.2. The lowest BCUT2D eigenvalue weighted by Gasteiger charge is -2.28. The molecule has 0 atom stereocenters. The molecule has 1 aromatic carbocycles. The number of H-pyrrole nitrogens is 1. The van der Waals surface area contributed by atoms with Gasteiger partial charge in [-0.3, -0.25) is 9.69 Å². The van der Waals surface area contributed by atoms with Crippen molar-refractivity contribution in [1.29, 1.82) is 0 Å². The van der Waals surface area contributed by atoms with Crippen molar-refractivity contribution in [2.24, 2.45) is 0 Å². The van der Waals surface area contributed by atoms with Crippen LogP contribution < -0.4 is 4.90 Å². The summed E-state index contributed by atoms with van der Waals surface area (Å²) in [5, 5.41) is 1.15. The highest BCUT2D eigenvalue weighted by Crippen LogP contribution is 2.25. The molecule has 0 radical (unpaired) electrons. The van der Waals surface area contributed by atoms with Crippen LogP contribution in [0.15, 0.2) is 30.3 Å². The Kier molecular flexibility index (Phi) is 1.42. The first kappa shape index (κ1) is 7.62. The zero-order chi connectivity index (χ0) is 9.54. The number of carbonyl (C=O) groups is 1. The lowest BCUT2D eigenvalue weighted by atomic mass is 10.2. The zero-order valence-corrected chi connectivity index (χ0v) is 7.66. The second-order valence-electron chi connectivity index (χ2n) is 3.54. The summed E-state index contributed by atoms with van der Waals surface area (Å²) in [4.78, 5) is 16.2. The van der Waals surface area contributed by atoms with Crippen molar-refractivity contribution in [2.75, 3.05) is 11.4 Å². The Morgan fingerprint density at radius 2 is 2.14 bits per heavy atom. The number of amides is 1. The minimum atomic E-state index is 0.205. The van der Waals surface area contributed by atoms with E-state index in [0.29, 0.717) is 6.42 Å². The van der Waals surface area contributed by atoms with Crippen LogP contribution in [-0.2, 0) is 4.79 Å². The number of anilines is 1. The molecule has 1 aromatic heterocycles. The topological polar surface area (TPSA) is 36.1 Å². The molecule has 1 aliphatic heterocycles. The Bertz CT molecular complexity index is 468. The largest absolute Gasteiger partial charge is 0.341 e. The Labute approximate surface area is 81.3 Å². The first-order valence-electron chi connectivity index (χ1n) is 4.73. The number of fused-ring (bicyclic) bond motifs is 1. The van der Waals surface area contributed by atoms with Gasteiger partial charge in [0.15, 0.2) is 0 Å². The number of hydrogen-bond acceptors (Lipinski definition) is 1. The van der Waals surface area contributed by atoms with Crippen LogP contribution in [-0.4, -0.2) is 17.4 Å². The maximum Gasteiger partial charge on any atom is 0.229 e. The quantitative estimate of drug-likeness (QED) is 0.678. The second-order valence-corrected chi connectivity index (χ2v) is 3.54. The molecule has 0 unspecified atom stereocenters. The molecule has 0 bridgehead atoms. The fourth-order valence-electron chi connectivity index (χ4n) is 1.77. The van der Waals surface area contributed by atoms with Gasteiger partial charge in [-0.25, -0.2) is 0 Å². The van der Waals surface area contributed by atoms with E-state index >= 15 is 0 Å². The summed E-state index contributed by atoms with van der Waals surface area (Å²) >= 11 is 0. The number of rotatable bonds is 1. The molecule has 0 saturated carbocycles. The van der Waals surface area contributed by atoms with E-state index in [1.165, 1.54) is 0 Å². The Hall–Kier alpha value is -1.77. The van der Waals surface area contributed by atoms with Gasteiger partial charge in [0.25, 0.3) is 0 Å². The zero-order valence-electron chi connectivity index (χ0n) is 7.66. The third-order valence-corrected chi connectivity index (χ3v) is 2.66. The van der Waals surface area contributed by atoms with E-state index in [9.17, 15) is 4.79 Å². The van der Waals surface area contributed by atoms with Gasteiger partial charge in [-0.05, 0) is 12.1 Å². The van der Waals surface area contributed by atoms with Crippen molar-refractivity contribution >= 4 is 22.6 Å². The molecule has 3 nitrogen and oxygen atoms in total. The van der Waals surface area contributed by atoms with Crippen molar-refractivity contribution in [3.05, 3.63) is 30.3 Å². The van der Waals surface area contributed by atoms with Gasteiger partial charge in [0.05, 0.1) is 0 Å².